The number of hydrogen-bond acceptors (Lipinski definition) is 2. The van der Waals surface area contributed by atoms with Crippen LogP contribution in [0.3, 0.4) is 0 Å². The Labute approximate surface area is 101 Å². The van der Waals surface area contributed by atoms with Crippen molar-refractivity contribution in [2.75, 3.05) is 13.2 Å². The molecule has 1 aliphatic heterocycles. The van der Waals surface area contributed by atoms with Crippen LogP contribution in [0.5, 0.6) is 0 Å². The zero-order valence-electron chi connectivity index (χ0n) is 10.0. The highest BCUT2D eigenvalue weighted by molar-refractivity contribution is 6.08. The van der Waals surface area contributed by atoms with Crippen molar-refractivity contribution in [3.8, 4) is 0 Å². The maximum Gasteiger partial charge on any atom is 0.258 e. The van der Waals surface area contributed by atoms with Crippen LogP contribution in [-0.2, 0) is 0 Å². The fraction of sp³-hybridized carbons (Fsp3) is 0.357. The Morgan fingerprint density at radius 1 is 1.35 bits per heavy atom. The minimum Gasteiger partial charge on any atom is -0.396 e. The van der Waals surface area contributed by atoms with E-state index in [1.54, 1.807) is 4.90 Å². The molecule has 0 aliphatic carbocycles. The van der Waals surface area contributed by atoms with Gasteiger partial charge in [0, 0.05) is 30.0 Å². The minimum absolute atomic E-state index is 0.0235. The third-order valence-corrected chi connectivity index (χ3v) is 3.16. The highest BCUT2D eigenvalue weighted by Gasteiger charge is 2.30. The van der Waals surface area contributed by atoms with Gasteiger partial charge >= 0.3 is 0 Å². The molecule has 1 atom stereocenters. The predicted octanol–water partition coefficient (Wildman–Crippen LogP) is 2.13. The number of rotatable bonds is 4. The molecule has 0 spiro atoms. The molecule has 0 fully saturated rings. The summed E-state index contributed by atoms with van der Waals surface area (Å²) in [5.74, 6) is 0.297. The van der Waals surface area contributed by atoms with E-state index in [-0.39, 0.29) is 18.4 Å². The van der Waals surface area contributed by atoms with E-state index in [0.29, 0.717) is 13.0 Å². The van der Waals surface area contributed by atoms with Gasteiger partial charge in [-0.1, -0.05) is 31.7 Å². The molecule has 0 aromatic heterocycles. The summed E-state index contributed by atoms with van der Waals surface area (Å²) >= 11 is 0. The first kappa shape index (κ1) is 11.9. The Hall–Kier alpha value is -1.61. The number of carbonyl (C=O) groups excluding carboxylic acids is 1. The largest absolute Gasteiger partial charge is 0.396 e. The number of hydrogen-bond donors (Lipinski definition) is 1. The second-order valence-corrected chi connectivity index (χ2v) is 4.53. The summed E-state index contributed by atoms with van der Waals surface area (Å²) < 4.78 is 0. The van der Waals surface area contributed by atoms with Gasteiger partial charge in [0.25, 0.3) is 5.91 Å². The predicted molar refractivity (Wildman–Crippen MR) is 67.4 cm³/mol. The molecule has 0 saturated carbocycles. The first-order valence-electron chi connectivity index (χ1n) is 5.86. The second-order valence-electron chi connectivity index (χ2n) is 4.53. The van der Waals surface area contributed by atoms with Crippen LogP contribution in [0.15, 0.2) is 30.8 Å². The number of aliphatic hydroxyl groups excluding tert-OH is 1. The van der Waals surface area contributed by atoms with Crippen LogP contribution in [0.1, 0.15) is 29.3 Å². The van der Waals surface area contributed by atoms with Crippen LogP contribution in [0.2, 0.25) is 0 Å². The quantitative estimate of drug-likeness (QED) is 0.862. The summed E-state index contributed by atoms with van der Waals surface area (Å²) in [4.78, 5) is 13.9. The Bertz CT molecular complexity index is 418. The maximum absolute atomic E-state index is 12.1. The second kappa shape index (κ2) is 4.72. The van der Waals surface area contributed by atoms with Crippen molar-refractivity contribution in [2.24, 2.45) is 5.92 Å². The lowest BCUT2D eigenvalue weighted by Gasteiger charge is -2.21. The molecule has 1 aromatic carbocycles. The molecule has 2 rings (SSSR count). The molecule has 1 aliphatic rings. The zero-order valence-corrected chi connectivity index (χ0v) is 10.0. The molecule has 0 saturated heterocycles. The molecule has 0 radical (unpaired) electrons. The molecule has 17 heavy (non-hydrogen) atoms. The van der Waals surface area contributed by atoms with E-state index in [2.05, 4.69) is 6.58 Å². The summed E-state index contributed by atoms with van der Waals surface area (Å²) in [6, 6.07) is 7.54. The van der Waals surface area contributed by atoms with Gasteiger partial charge in [0.2, 0.25) is 0 Å². The lowest BCUT2D eigenvalue weighted by atomic mass is 10.1. The highest BCUT2D eigenvalue weighted by Crippen LogP contribution is 2.31. The minimum atomic E-state index is 0.0235. The zero-order chi connectivity index (χ0) is 12.4. The molecule has 3 heteroatoms. The van der Waals surface area contributed by atoms with Crippen LogP contribution in [0, 0.1) is 5.92 Å². The monoisotopic (exact) mass is 231 g/mol. The summed E-state index contributed by atoms with van der Waals surface area (Å²) in [5, 5.41) is 8.89. The molecule has 3 nitrogen and oxygen atoms in total. The van der Waals surface area contributed by atoms with Gasteiger partial charge < -0.3 is 10.0 Å². The van der Waals surface area contributed by atoms with Gasteiger partial charge in [0.15, 0.2) is 0 Å². The van der Waals surface area contributed by atoms with Gasteiger partial charge in [0.05, 0.1) is 0 Å². The Morgan fingerprint density at radius 2 is 2.00 bits per heavy atom. The molecule has 0 bridgehead atoms. The van der Waals surface area contributed by atoms with Crippen LogP contribution in [0.4, 0.5) is 0 Å². The molecule has 1 N–H and O–H groups in total. The van der Waals surface area contributed by atoms with E-state index in [1.807, 2.05) is 31.2 Å². The molecular weight excluding hydrogens is 214 g/mol. The van der Waals surface area contributed by atoms with Crippen molar-refractivity contribution in [3.63, 3.8) is 0 Å². The number of fused-ring (bicyclic) bond motifs is 1. The van der Waals surface area contributed by atoms with Crippen molar-refractivity contribution in [3.05, 3.63) is 42.0 Å². The van der Waals surface area contributed by atoms with E-state index in [4.69, 9.17) is 5.11 Å². The first-order chi connectivity index (χ1) is 8.15. The SMILES string of the molecule is C=C1c2ccccc2C(=O)N1CC(C)CCO. The smallest absolute Gasteiger partial charge is 0.258 e. The number of aliphatic hydroxyl groups is 1. The van der Waals surface area contributed by atoms with Crippen LogP contribution in [0.25, 0.3) is 5.70 Å². The van der Waals surface area contributed by atoms with Gasteiger partial charge in [-0.15, -0.1) is 0 Å². The normalized spacial score (nSPS) is 16.2. The topological polar surface area (TPSA) is 40.5 Å². The molecule has 90 valence electrons. The van der Waals surface area contributed by atoms with E-state index in [9.17, 15) is 4.79 Å². The number of carbonyl (C=O) groups is 1. The third kappa shape index (κ3) is 2.11. The lowest BCUT2D eigenvalue weighted by molar-refractivity contribution is 0.0830. The van der Waals surface area contributed by atoms with Gasteiger partial charge in [-0.2, -0.15) is 0 Å². The standard InChI is InChI=1S/C14H17NO2/c1-10(7-8-16)9-15-11(2)12-5-3-4-6-13(12)14(15)17/h3-6,10,16H,2,7-9H2,1H3. The van der Waals surface area contributed by atoms with Gasteiger partial charge in [0.1, 0.15) is 0 Å². The lowest BCUT2D eigenvalue weighted by Crippen LogP contribution is -2.28. The van der Waals surface area contributed by atoms with Crippen LogP contribution in [-0.4, -0.2) is 29.1 Å². The van der Waals surface area contributed by atoms with Crippen molar-refractivity contribution < 1.29 is 9.90 Å². The van der Waals surface area contributed by atoms with Crippen molar-refractivity contribution in [1.29, 1.82) is 0 Å². The van der Waals surface area contributed by atoms with Gasteiger partial charge in [-0.05, 0) is 18.4 Å². The average Bonchev–Trinajstić information content (AvgIpc) is 2.56. The summed E-state index contributed by atoms with van der Waals surface area (Å²) in [6.45, 7) is 6.78. The van der Waals surface area contributed by atoms with E-state index in [0.717, 1.165) is 16.8 Å². The third-order valence-electron chi connectivity index (χ3n) is 3.16. The number of nitrogens with zero attached hydrogens (tertiary/aromatic N) is 1. The Kier molecular flexibility index (Phi) is 3.29. The summed E-state index contributed by atoms with van der Waals surface area (Å²) in [6.07, 6.45) is 0.702. The fourth-order valence-electron chi connectivity index (χ4n) is 2.15. The van der Waals surface area contributed by atoms with Crippen molar-refractivity contribution in [2.45, 2.75) is 13.3 Å². The maximum atomic E-state index is 12.1. The molecule has 1 amide bonds. The van der Waals surface area contributed by atoms with Crippen molar-refractivity contribution in [1.82, 2.24) is 4.90 Å². The fourth-order valence-corrected chi connectivity index (χ4v) is 2.15. The van der Waals surface area contributed by atoms with E-state index < -0.39 is 0 Å². The number of benzene rings is 1. The van der Waals surface area contributed by atoms with Gasteiger partial charge in [-0.3, -0.25) is 4.79 Å². The van der Waals surface area contributed by atoms with E-state index in [1.165, 1.54) is 0 Å². The highest BCUT2D eigenvalue weighted by atomic mass is 16.3. The Morgan fingerprint density at radius 3 is 2.59 bits per heavy atom. The summed E-state index contributed by atoms with van der Waals surface area (Å²) in [7, 11) is 0. The molecular formula is C14H17NO2. The number of amides is 1. The first-order valence-corrected chi connectivity index (χ1v) is 5.86. The summed E-state index contributed by atoms with van der Waals surface area (Å²) in [5.41, 5.74) is 2.43. The average molecular weight is 231 g/mol. The van der Waals surface area contributed by atoms with Crippen LogP contribution < -0.4 is 0 Å². The molecule has 1 heterocycles. The molecule has 1 unspecified atom stereocenters. The van der Waals surface area contributed by atoms with Crippen LogP contribution >= 0.6 is 0 Å². The Balaban J connectivity index is 2.19. The van der Waals surface area contributed by atoms with Crippen molar-refractivity contribution >= 4 is 11.6 Å². The van der Waals surface area contributed by atoms with E-state index >= 15 is 0 Å². The van der Waals surface area contributed by atoms with Gasteiger partial charge in [-0.25, -0.2) is 0 Å². The molecule has 1 aromatic rings.